The molecule has 2 N–H and O–H groups in total. The van der Waals surface area contributed by atoms with Crippen LogP contribution in [0.5, 0.6) is 0 Å². The number of hydrogen-bond donors (Lipinski definition) is 1. The van der Waals surface area contributed by atoms with Gasteiger partial charge >= 0.3 is 0 Å². The van der Waals surface area contributed by atoms with Crippen molar-refractivity contribution in [3.8, 4) is 0 Å². The summed E-state index contributed by atoms with van der Waals surface area (Å²) in [6.45, 7) is 2.03. The highest BCUT2D eigenvalue weighted by atomic mass is 79.9. The molecule has 0 saturated carbocycles. The molecule has 0 atom stereocenters. The minimum Gasteiger partial charge on any atom is -0.399 e. The summed E-state index contributed by atoms with van der Waals surface area (Å²) in [5.41, 5.74) is 8.33. The van der Waals surface area contributed by atoms with Crippen molar-refractivity contribution in [3.63, 3.8) is 0 Å². The summed E-state index contributed by atoms with van der Waals surface area (Å²) in [7, 11) is 0. The van der Waals surface area contributed by atoms with Gasteiger partial charge in [0.2, 0.25) is 0 Å². The van der Waals surface area contributed by atoms with Crippen LogP contribution >= 0.6 is 15.9 Å². The number of anilines is 1. The van der Waals surface area contributed by atoms with E-state index in [4.69, 9.17) is 5.73 Å². The van der Waals surface area contributed by atoms with E-state index in [-0.39, 0.29) is 5.78 Å². The van der Waals surface area contributed by atoms with E-state index < -0.39 is 0 Å². The summed E-state index contributed by atoms with van der Waals surface area (Å²) in [5.74, 6) is 0.163. The first-order valence-electron chi connectivity index (χ1n) is 4.66. The summed E-state index contributed by atoms with van der Waals surface area (Å²) in [5, 5.41) is 0.706. The highest BCUT2D eigenvalue weighted by Gasteiger charge is 2.06. The minimum absolute atomic E-state index is 0.163. The van der Waals surface area contributed by atoms with Gasteiger partial charge in [-0.05, 0) is 30.2 Å². The number of halogens is 1. The number of carbonyl (C=O) groups is 1. The normalized spacial score (nSPS) is 10.1. The van der Waals surface area contributed by atoms with E-state index >= 15 is 0 Å². The molecule has 0 saturated heterocycles. The van der Waals surface area contributed by atoms with Crippen molar-refractivity contribution in [3.05, 3.63) is 29.3 Å². The molecule has 3 heteroatoms. The predicted octanol–water partition coefficient (Wildman–Crippen LogP) is 2.80. The lowest BCUT2D eigenvalue weighted by Crippen LogP contribution is -2.02. The van der Waals surface area contributed by atoms with Crippen LogP contribution in [0.3, 0.4) is 0 Å². The zero-order chi connectivity index (χ0) is 10.6. The maximum Gasteiger partial charge on any atom is 0.163 e. The molecule has 14 heavy (non-hydrogen) atoms. The number of hydrogen-bond acceptors (Lipinski definition) is 2. The molecule has 2 nitrogen and oxygen atoms in total. The number of nitrogen functional groups attached to an aromatic ring is 1. The van der Waals surface area contributed by atoms with Gasteiger partial charge in [-0.1, -0.05) is 22.9 Å². The molecule has 0 spiro atoms. The Labute approximate surface area is 92.6 Å². The van der Waals surface area contributed by atoms with Gasteiger partial charge in [-0.2, -0.15) is 0 Å². The van der Waals surface area contributed by atoms with Gasteiger partial charge in [0.05, 0.1) is 0 Å². The van der Waals surface area contributed by atoms with Crippen molar-refractivity contribution in [2.45, 2.75) is 19.8 Å². The summed E-state index contributed by atoms with van der Waals surface area (Å²) < 4.78 is 0. The average molecular weight is 256 g/mol. The Morgan fingerprint density at radius 1 is 1.50 bits per heavy atom. The van der Waals surface area contributed by atoms with Crippen molar-refractivity contribution >= 4 is 27.4 Å². The van der Waals surface area contributed by atoms with Crippen LogP contribution in [-0.4, -0.2) is 11.1 Å². The lowest BCUT2D eigenvalue weighted by molar-refractivity contribution is 0.0990. The highest BCUT2D eigenvalue weighted by molar-refractivity contribution is 9.09. The van der Waals surface area contributed by atoms with Crippen molar-refractivity contribution in [2.75, 3.05) is 11.1 Å². The van der Waals surface area contributed by atoms with Crippen LogP contribution in [-0.2, 0) is 6.42 Å². The summed E-state index contributed by atoms with van der Waals surface area (Å²) in [6.07, 6.45) is 1.40. The smallest absolute Gasteiger partial charge is 0.163 e. The Morgan fingerprint density at radius 3 is 2.79 bits per heavy atom. The predicted molar refractivity (Wildman–Crippen MR) is 63.0 cm³/mol. The van der Waals surface area contributed by atoms with Gasteiger partial charge < -0.3 is 5.73 Å². The van der Waals surface area contributed by atoms with E-state index in [1.54, 1.807) is 12.1 Å². The molecule has 0 aliphatic rings. The number of alkyl halides is 1. The number of rotatable bonds is 4. The standard InChI is InChI=1S/C11H14BrNO/c1-2-8-7-9(3-4-10(8)13)11(14)5-6-12/h3-4,7H,2,5-6,13H2,1H3. The third-order valence-corrected chi connectivity index (χ3v) is 2.56. The first kappa shape index (κ1) is 11.2. The quantitative estimate of drug-likeness (QED) is 0.511. The largest absolute Gasteiger partial charge is 0.399 e. The Hall–Kier alpha value is -0.830. The molecule has 0 heterocycles. The molecule has 0 bridgehead atoms. The maximum absolute atomic E-state index is 11.6. The molecule has 0 fully saturated rings. The minimum atomic E-state index is 0.163. The Kier molecular flexibility index (Phi) is 4.14. The Bertz CT molecular complexity index is 336. The molecule has 0 amide bonds. The van der Waals surface area contributed by atoms with Crippen LogP contribution in [0.4, 0.5) is 5.69 Å². The van der Waals surface area contributed by atoms with Crippen molar-refractivity contribution < 1.29 is 4.79 Å². The molecule has 1 rings (SSSR count). The van der Waals surface area contributed by atoms with E-state index in [0.29, 0.717) is 11.8 Å². The van der Waals surface area contributed by atoms with E-state index in [1.165, 1.54) is 0 Å². The Morgan fingerprint density at radius 2 is 2.21 bits per heavy atom. The second-order valence-corrected chi connectivity index (χ2v) is 3.92. The maximum atomic E-state index is 11.6. The SMILES string of the molecule is CCc1cc(C(=O)CCBr)ccc1N. The molecule has 76 valence electrons. The average Bonchev–Trinajstić information content (AvgIpc) is 2.19. The van der Waals surface area contributed by atoms with Crippen molar-refractivity contribution in [2.24, 2.45) is 0 Å². The summed E-state index contributed by atoms with van der Waals surface area (Å²) >= 11 is 3.25. The highest BCUT2D eigenvalue weighted by Crippen LogP contribution is 2.16. The molecule has 0 aliphatic heterocycles. The number of aryl methyl sites for hydroxylation is 1. The third kappa shape index (κ3) is 2.58. The fourth-order valence-corrected chi connectivity index (χ4v) is 1.68. The molecule has 1 aromatic carbocycles. The van der Waals surface area contributed by atoms with Crippen LogP contribution in [0.25, 0.3) is 0 Å². The van der Waals surface area contributed by atoms with Crippen LogP contribution < -0.4 is 5.73 Å². The molecule has 0 radical (unpaired) electrons. The lowest BCUT2D eigenvalue weighted by Gasteiger charge is -2.05. The molecule has 0 unspecified atom stereocenters. The molecule has 0 aromatic heterocycles. The topological polar surface area (TPSA) is 43.1 Å². The number of benzene rings is 1. The monoisotopic (exact) mass is 255 g/mol. The lowest BCUT2D eigenvalue weighted by atomic mass is 10.0. The molecule has 0 aliphatic carbocycles. The number of Topliss-reactive ketones (excluding diaryl/α,β-unsaturated/α-hetero) is 1. The van der Waals surface area contributed by atoms with Gasteiger partial charge in [0, 0.05) is 23.0 Å². The third-order valence-electron chi connectivity index (χ3n) is 2.17. The van der Waals surface area contributed by atoms with Crippen molar-refractivity contribution in [1.82, 2.24) is 0 Å². The van der Waals surface area contributed by atoms with Gasteiger partial charge in [-0.25, -0.2) is 0 Å². The van der Waals surface area contributed by atoms with Crippen molar-refractivity contribution in [1.29, 1.82) is 0 Å². The number of nitrogens with two attached hydrogens (primary N) is 1. The van der Waals surface area contributed by atoms with Gasteiger partial charge in [-0.15, -0.1) is 0 Å². The second kappa shape index (κ2) is 5.15. The van der Waals surface area contributed by atoms with E-state index in [2.05, 4.69) is 15.9 Å². The van der Waals surface area contributed by atoms with Crippen LogP contribution in [0.2, 0.25) is 0 Å². The Balaban J connectivity index is 2.94. The van der Waals surface area contributed by atoms with Crippen LogP contribution in [0, 0.1) is 0 Å². The van der Waals surface area contributed by atoms with E-state index in [0.717, 1.165) is 23.2 Å². The zero-order valence-electron chi connectivity index (χ0n) is 8.22. The number of carbonyl (C=O) groups excluding carboxylic acids is 1. The van der Waals surface area contributed by atoms with Gasteiger partial charge in [0.25, 0.3) is 0 Å². The van der Waals surface area contributed by atoms with Gasteiger partial charge in [-0.3, -0.25) is 4.79 Å². The van der Waals surface area contributed by atoms with Crippen LogP contribution in [0.1, 0.15) is 29.3 Å². The fourth-order valence-electron chi connectivity index (χ4n) is 1.32. The number of ketones is 1. The summed E-state index contributed by atoms with van der Waals surface area (Å²) in [6, 6.07) is 5.49. The first-order valence-corrected chi connectivity index (χ1v) is 5.78. The van der Waals surface area contributed by atoms with Crippen LogP contribution in [0.15, 0.2) is 18.2 Å². The summed E-state index contributed by atoms with van der Waals surface area (Å²) in [4.78, 5) is 11.6. The first-order chi connectivity index (χ1) is 6.69. The fraction of sp³-hybridized carbons (Fsp3) is 0.364. The second-order valence-electron chi connectivity index (χ2n) is 3.13. The van der Waals surface area contributed by atoms with Gasteiger partial charge in [0.1, 0.15) is 0 Å². The van der Waals surface area contributed by atoms with E-state index in [1.807, 2.05) is 13.0 Å². The van der Waals surface area contributed by atoms with E-state index in [9.17, 15) is 4.79 Å². The zero-order valence-corrected chi connectivity index (χ0v) is 9.80. The molecular formula is C11H14BrNO. The molecule has 1 aromatic rings. The van der Waals surface area contributed by atoms with Gasteiger partial charge in [0.15, 0.2) is 5.78 Å². The molecular weight excluding hydrogens is 242 g/mol.